The largest absolute Gasteiger partial charge is 0.375 e. The summed E-state index contributed by atoms with van der Waals surface area (Å²) in [5.41, 5.74) is 0.108. The average molecular weight is 409 g/mol. The highest BCUT2D eigenvalue weighted by atomic mass is 16.5. The zero-order valence-electron chi connectivity index (χ0n) is 21.1. The van der Waals surface area contributed by atoms with Crippen molar-refractivity contribution in [2.75, 3.05) is 6.61 Å². The van der Waals surface area contributed by atoms with Gasteiger partial charge in [0.15, 0.2) is 0 Å². The lowest BCUT2D eigenvalue weighted by Gasteiger charge is -2.29. The Labute approximate surface area is 185 Å². The van der Waals surface area contributed by atoms with Gasteiger partial charge in [0, 0.05) is 6.61 Å². The highest BCUT2D eigenvalue weighted by molar-refractivity contribution is 4.81. The molecule has 0 amide bonds. The summed E-state index contributed by atoms with van der Waals surface area (Å²) in [6, 6.07) is 0. The second kappa shape index (κ2) is 21.0. The van der Waals surface area contributed by atoms with E-state index in [2.05, 4.69) is 46.8 Å². The lowest BCUT2D eigenvalue weighted by atomic mass is 9.93. The third kappa shape index (κ3) is 20.7. The first-order chi connectivity index (χ1) is 14.0. The van der Waals surface area contributed by atoms with Crippen LogP contribution in [0.15, 0.2) is 12.2 Å². The van der Waals surface area contributed by atoms with Crippen LogP contribution in [0.3, 0.4) is 0 Å². The maximum absolute atomic E-state index is 6.27. The van der Waals surface area contributed by atoms with Gasteiger partial charge in [-0.2, -0.15) is 0 Å². The third-order valence-electron chi connectivity index (χ3n) is 6.34. The van der Waals surface area contributed by atoms with E-state index in [-0.39, 0.29) is 5.60 Å². The van der Waals surface area contributed by atoms with E-state index in [1.165, 1.54) is 109 Å². The van der Waals surface area contributed by atoms with Gasteiger partial charge in [-0.15, -0.1) is 0 Å². The lowest BCUT2D eigenvalue weighted by Crippen LogP contribution is -2.28. The maximum atomic E-state index is 6.27. The molecular weight excluding hydrogens is 352 g/mol. The quantitative estimate of drug-likeness (QED) is 0.128. The monoisotopic (exact) mass is 408 g/mol. The minimum absolute atomic E-state index is 0.108. The zero-order valence-corrected chi connectivity index (χ0v) is 21.1. The Bertz CT molecular complexity index is 346. The molecule has 174 valence electrons. The molecular formula is C28H56O. The molecule has 0 aliphatic heterocycles. The molecule has 29 heavy (non-hydrogen) atoms. The molecule has 0 aliphatic rings. The molecule has 0 aliphatic carbocycles. The fourth-order valence-corrected chi connectivity index (χ4v) is 3.90. The van der Waals surface area contributed by atoms with Gasteiger partial charge in [-0.25, -0.2) is 0 Å². The van der Waals surface area contributed by atoms with Crippen LogP contribution in [0.2, 0.25) is 0 Å². The predicted octanol–water partition coefficient (Wildman–Crippen LogP) is 10.0. The zero-order chi connectivity index (χ0) is 21.6. The van der Waals surface area contributed by atoms with Gasteiger partial charge in [0.2, 0.25) is 0 Å². The van der Waals surface area contributed by atoms with Gasteiger partial charge in [0.25, 0.3) is 0 Å². The van der Waals surface area contributed by atoms with E-state index < -0.39 is 0 Å². The van der Waals surface area contributed by atoms with E-state index in [9.17, 15) is 0 Å². The Morgan fingerprint density at radius 1 is 0.690 bits per heavy atom. The summed E-state index contributed by atoms with van der Waals surface area (Å²) in [7, 11) is 0. The first-order valence-corrected chi connectivity index (χ1v) is 13.3. The number of hydrogen-bond donors (Lipinski definition) is 0. The molecule has 1 unspecified atom stereocenters. The maximum Gasteiger partial charge on any atom is 0.0651 e. The van der Waals surface area contributed by atoms with Crippen LogP contribution in [0.5, 0.6) is 0 Å². The first kappa shape index (κ1) is 28.7. The Morgan fingerprint density at radius 2 is 1.21 bits per heavy atom. The van der Waals surface area contributed by atoms with Gasteiger partial charge in [-0.05, 0) is 57.8 Å². The molecule has 0 N–H and O–H groups in total. The van der Waals surface area contributed by atoms with Crippen molar-refractivity contribution in [2.45, 2.75) is 156 Å². The number of ether oxygens (including phenoxy) is 1. The standard InChI is InChI=1S/C28H56O/c1-6-8-9-10-11-12-13-14-15-16-17-18-19-20-21-22-26-29-28(5,7-2)25-23-24-27(3)4/h14-15,27H,6-13,16-26H2,1-5H3/b15-14-. The second-order valence-corrected chi connectivity index (χ2v) is 9.88. The summed E-state index contributed by atoms with van der Waals surface area (Å²) < 4.78 is 6.27. The van der Waals surface area contributed by atoms with Crippen molar-refractivity contribution in [3.05, 3.63) is 12.2 Å². The third-order valence-corrected chi connectivity index (χ3v) is 6.34. The van der Waals surface area contributed by atoms with E-state index in [1.807, 2.05) is 0 Å². The summed E-state index contributed by atoms with van der Waals surface area (Å²) in [4.78, 5) is 0. The molecule has 0 heterocycles. The second-order valence-electron chi connectivity index (χ2n) is 9.88. The van der Waals surface area contributed by atoms with Gasteiger partial charge in [0.05, 0.1) is 5.60 Å². The van der Waals surface area contributed by atoms with Crippen LogP contribution in [0.4, 0.5) is 0 Å². The molecule has 0 rings (SSSR count). The van der Waals surface area contributed by atoms with Crippen LogP contribution in [-0.4, -0.2) is 12.2 Å². The highest BCUT2D eigenvalue weighted by Crippen LogP contribution is 2.24. The summed E-state index contributed by atoms with van der Waals surface area (Å²) in [5, 5.41) is 0. The fourth-order valence-electron chi connectivity index (χ4n) is 3.90. The van der Waals surface area contributed by atoms with Gasteiger partial charge >= 0.3 is 0 Å². The van der Waals surface area contributed by atoms with Crippen molar-refractivity contribution < 1.29 is 4.74 Å². The van der Waals surface area contributed by atoms with Crippen molar-refractivity contribution in [1.29, 1.82) is 0 Å². The molecule has 1 atom stereocenters. The number of allylic oxidation sites excluding steroid dienone is 2. The topological polar surface area (TPSA) is 9.23 Å². The Kier molecular flexibility index (Phi) is 20.7. The van der Waals surface area contributed by atoms with Crippen LogP contribution in [0.25, 0.3) is 0 Å². The van der Waals surface area contributed by atoms with Crippen LogP contribution < -0.4 is 0 Å². The number of hydrogen-bond acceptors (Lipinski definition) is 1. The molecule has 0 bridgehead atoms. The van der Waals surface area contributed by atoms with Crippen molar-refractivity contribution in [3.8, 4) is 0 Å². The SMILES string of the molecule is CCCCCCCC/C=C\CCCCCCCCOC(C)(CC)CCCC(C)C. The molecule has 1 heteroatoms. The van der Waals surface area contributed by atoms with Gasteiger partial charge in [-0.3, -0.25) is 0 Å². The predicted molar refractivity (Wildman–Crippen MR) is 133 cm³/mol. The first-order valence-electron chi connectivity index (χ1n) is 13.3. The van der Waals surface area contributed by atoms with E-state index >= 15 is 0 Å². The van der Waals surface area contributed by atoms with E-state index in [0.717, 1.165) is 18.9 Å². The van der Waals surface area contributed by atoms with E-state index in [0.29, 0.717) is 0 Å². The summed E-state index contributed by atoms with van der Waals surface area (Å²) in [5.74, 6) is 0.812. The molecule has 0 saturated carbocycles. The van der Waals surface area contributed by atoms with Crippen molar-refractivity contribution in [2.24, 2.45) is 5.92 Å². The molecule has 0 aromatic carbocycles. The van der Waals surface area contributed by atoms with Gasteiger partial charge in [0.1, 0.15) is 0 Å². The molecule has 1 nitrogen and oxygen atoms in total. The molecule has 0 saturated heterocycles. The summed E-state index contributed by atoms with van der Waals surface area (Å²) >= 11 is 0. The summed E-state index contributed by atoms with van der Waals surface area (Å²) in [6.45, 7) is 12.5. The van der Waals surface area contributed by atoms with Crippen LogP contribution in [0.1, 0.15) is 150 Å². The molecule has 0 fully saturated rings. The van der Waals surface area contributed by atoms with Crippen LogP contribution in [0, 0.1) is 5.92 Å². The Morgan fingerprint density at radius 3 is 1.72 bits per heavy atom. The van der Waals surface area contributed by atoms with Gasteiger partial charge in [-0.1, -0.05) is 110 Å². The molecule has 0 aromatic rings. The van der Waals surface area contributed by atoms with Crippen molar-refractivity contribution in [3.63, 3.8) is 0 Å². The normalized spacial score (nSPS) is 14.1. The van der Waals surface area contributed by atoms with E-state index in [1.54, 1.807) is 0 Å². The Balaban J connectivity index is 3.40. The summed E-state index contributed by atoms with van der Waals surface area (Å²) in [6.07, 6.45) is 28.9. The fraction of sp³-hybridized carbons (Fsp3) is 0.929. The average Bonchev–Trinajstić information content (AvgIpc) is 2.70. The van der Waals surface area contributed by atoms with Crippen molar-refractivity contribution >= 4 is 0 Å². The smallest absolute Gasteiger partial charge is 0.0651 e. The van der Waals surface area contributed by atoms with Crippen molar-refractivity contribution in [1.82, 2.24) is 0 Å². The highest BCUT2D eigenvalue weighted by Gasteiger charge is 2.21. The van der Waals surface area contributed by atoms with Crippen LogP contribution >= 0.6 is 0 Å². The van der Waals surface area contributed by atoms with Crippen LogP contribution in [-0.2, 0) is 4.74 Å². The minimum Gasteiger partial charge on any atom is -0.375 e. The molecule has 0 aromatic heterocycles. The lowest BCUT2D eigenvalue weighted by molar-refractivity contribution is -0.0437. The van der Waals surface area contributed by atoms with Gasteiger partial charge < -0.3 is 4.74 Å². The number of unbranched alkanes of at least 4 members (excludes halogenated alkanes) is 12. The molecule has 0 spiro atoms. The minimum atomic E-state index is 0.108. The Hall–Kier alpha value is -0.300. The number of rotatable bonds is 22. The van der Waals surface area contributed by atoms with E-state index in [4.69, 9.17) is 4.74 Å². The molecule has 0 radical (unpaired) electrons.